The third-order valence-corrected chi connectivity index (χ3v) is 8.37. The molecule has 0 spiro atoms. The molecule has 0 bridgehead atoms. The van der Waals surface area contributed by atoms with Gasteiger partial charge in [0.15, 0.2) is 0 Å². The van der Waals surface area contributed by atoms with E-state index in [1.807, 2.05) is 6.92 Å². The third-order valence-electron chi connectivity index (χ3n) is 8.37. The minimum Gasteiger partial charge on any atom is -0.300 e. The van der Waals surface area contributed by atoms with Crippen LogP contribution in [0.25, 0.3) is 0 Å². The average molecular weight is 288 g/mol. The lowest BCUT2D eigenvalue weighted by molar-refractivity contribution is -0.128. The molecular formula is C20H32O. The summed E-state index contributed by atoms with van der Waals surface area (Å²) in [6.07, 6.45) is 14.3. The average Bonchev–Trinajstić information content (AvgIpc) is 2.84. The van der Waals surface area contributed by atoms with Crippen LogP contribution in [0.4, 0.5) is 0 Å². The maximum absolute atomic E-state index is 12.1. The van der Waals surface area contributed by atoms with Crippen molar-refractivity contribution in [2.45, 2.75) is 78.1 Å². The zero-order valence-corrected chi connectivity index (χ0v) is 13.9. The summed E-state index contributed by atoms with van der Waals surface area (Å²) >= 11 is 0. The van der Waals surface area contributed by atoms with Crippen LogP contribution in [0.1, 0.15) is 78.1 Å². The molecule has 4 saturated carbocycles. The summed E-state index contributed by atoms with van der Waals surface area (Å²) in [7, 11) is 0. The van der Waals surface area contributed by atoms with Gasteiger partial charge in [0.2, 0.25) is 0 Å². The summed E-state index contributed by atoms with van der Waals surface area (Å²) in [5.41, 5.74) is 0.356. The van der Waals surface area contributed by atoms with E-state index in [4.69, 9.17) is 0 Å². The van der Waals surface area contributed by atoms with Gasteiger partial charge in [-0.15, -0.1) is 0 Å². The highest BCUT2D eigenvalue weighted by Crippen LogP contribution is 2.64. The standard InChI is InChI=1S/C20H32O/c1-13(21)18-9-10-19-17-8-7-14-5-3-4-6-15(14)16(17)11-12-20(18,19)2/h14-19H,3-12H2,1-2H3/t14-,15-,16+,17+,18+,19-,20+/m0/s1. The molecule has 0 aliphatic heterocycles. The Labute approximate surface area is 130 Å². The molecule has 0 radical (unpaired) electrons. The number of fused-ring (bicyclic) bond motifs is 5. The van der Waals surface area contributed by atoms with Crippen molar-refractivity contribution in [2.75, 3.05) is 0 Å². The third kappa shape index (κ3) is 2.05. The number of ketones is 1. The molecule has 1 nitrogen and oxygen atoms in total. The van der Waals surface area contributed by atoms with Crippen molar-refractivity contribution in [2.24, 2.45) is 40.9 Å². The zero-order valence-electron chi connectivity index (χ0n) is 13.9. The molecule has 0 N–H and O–H groups in total. The Kier molecular flexibility index (Phi) is 3.47. The van der Waals surface area contributed by atoms with Crippen LogP contribution in [0, 0.1) is 40.9 Å². The van der Waals surface area contributed by atoms with Gasteiger partial charge in [0.05, 0.1) is 0 Å². The fraction of sp³-hybridized carbons (Fsp3) is 0.950. The summed E-state index contributed by atoms with van der Waals surface area (Å²) in [6, 6.07) is 0. The van der Waals surface area contributed by atoms with Crippen molar-refractivity contribution < 1.29 is 4.79 Å². The summed E-state index contributed by atoms with van der Waals surface area (Å²) < 4.78 is 0. The first-order chi connectivity index (χ1) is 10.1. The lowest BCUT2D eigenvalue weighted by Gasteiger charge is -2.55. The number of hydrogen-bond acceptors (Lipinski definition) is 1. The summed E-state index contributed by atoms with van der Waals surface area (Å²) in [4.78, 5) is 12.1. The largest absolute Gasteiger partial charge is 0.300 e. The molecule has 0 aromatic heterocycles. The predicted molar refractivity (Wildman–Crippen MR) is 85.9 cm³/mol. The van der Waals surface area contributed by atoms with Crippen LogP contribution in [0.5, 0.6) is 0 Å². The van der Waals surface area contributed by atoms with Crippen molar-refractivity contribution in [1.29, 1.82) is 0 Å². The fourth-order valence-corrected chi connectivity index (χ4v) is 7.50. The SMILES string of the molecule is CC(=O)[C@H]1CC[C@H]2[C@@H]3CC[C@@H]4CCCC[C@@H]4[C@H]3CC[C@]12C. The molecule has 7 atom stereocenters. The van der Waals surface area contributed by atoms with Crippen LogP contribution in [0.3, 0.4) is 0 Å². The van der Waals surface area contributed by atoms with Gasteiger partial charge in [0, 0.05) is 5.92 Å². The van der Waals surface area contributed by atoms with Crippen LogP contribution >= 0.6 is 0 Å². The van der Waals surface area contributed by atoms with E-state index in [1.54, 1.807) is 0 Å². The summed E-state index contributed by atoms with van der Waals surface area (Å²) in [5.74, 6) is 5.83. The summed E-state index contributed by atoms with van der Waals surface area (Å²) in [5, 5.41) is 0. The van der Waals surface area contributed by atoms with E-state index in [0.717, 1.165) is 29.6 Å². The van der Waals surface area contributed by atoms with Gasteiger partial charge in [-0.2, -0.15) is 0 Å². The maximum Gasteiger partial charge on any atom is 0.133 e. The lowest BCUT2D eigenvalue weighted by Crippen LogP contribution is -2.48. The minimum absolute atomic E-state index is 0.356. The van der Waals surface area contributed by atoms with Crippen LogP contribution in [-0.2, 0) is 4.79 Å². The Morgan fingerprint density at radius 2 is 1.67 bits per heavy atom. The smallest absolute Gasteiger partial charge is 0.133 e. The number of carbonyl (C=O) groups excluding carboxylic acids is 1. The molecule has 4 aliphatic carbocycles. The molecule has 0 saturated heterocycles. The van der Waals surface area contributed by atoms with E-state index < -0.39 is 0 Å². The fourth-order valence-electron chi connectivity index (χ4n) is 7.50. The lowest BCUT2D eigenvalue weighted by atomic mass is 9.49. The Morgan fingerprint density at radius 3 is 2.48 bits per heavy atom. The second-order valence-electron chi connectivity index (χ2n) is 9.01. The van der Waals surface area contributed by atoms with E-state index in [0.29, 0.717) is 17.1 Å². The Bertz CT molecular complexity index is 428. The van der Waals surface area contributed by atoms with E-state index in [1.165, 1.54) is 64.2 Å². The zero-order chi connectivity index (χ0) is 14.6. The van der Waals surface area contributed by atoms with Gasteiger partial charge in [-0.05, 0) is 86.9 Å². The van der Waals surface area contributed by atoms with Gasteiger partial charge in [-0.1, -0.05) is 26.2 Å². The quantitative estimate of drug-likeness (QED) is 0.645. The normalized spacial score (nSPS) is 52.7. The Morgan fingerprint density at radius 1 is 0.857 bits per heavy atom. The number of hydrogen-bond donors (Lipinski definition) is 0. The van der Waals surface area contributed by atoms with Gasteiger partial charge in [-0.25, -0.2) is 0 Å². The minimum atomic E-state index is 0.356. The van der Waals surface area contributed by atoms with E-state index in [2.05, 4.69) is 6.92 Å². The van der Waals surface area contributed by atoms with Crippen molar-refractivity contribution in [3.8, 4) is 0 Å². The van der Waals surface area contributed by atoms with Crippen LogP contribution < -0.4 is 0 Å². The molecule has 0 aromatic rings. The molecule has 0 heterocycles. The van der Waals surface area contributed by atoms with Crippen LogP contribution in [0.2, 0.25) is 0 Å². The first-order valence-corrected chi connectivity index (χ1v) is 9.61. The highest BCUT2D eigenvalue weighted by atomic mass is 16.1. The number of rotatable bonds is 1. The molecule has 0 amide bonds. The Balaban J connectivity index is 1.59. The topological polar surface area (TPSA) is 17.1 Å². The van der Waals surface area contributed by atoms with Crippen molar-refractivity contribution in [3.63, 3.8) is 0 Å². The van der Waals surface area contributed by atoms with E-state index in [9.17, 15) is 4.79 Å². The molecule has 4 aliphatic rings. The molecule has 21 heavy (non-hydrogen) atoms. The van der Waals surface area contributed by atoms with Gasteiger partial charge in [0.1, 0.15) is 5.78 Å². The van der Waals surface area contributed by atoms with E-state index >= 15 is 0 Å². The number of carbonyl (C=O) groups is 1. The molecule has 4 fully saturated rings. The molecule has 118 valence electrons. The summed E-state index contributed by atoms with van der Waals surface area (Å²) in [6.45, 7) is 4.32. The van der Waals surface area contributed by atoms with Crippen LogP contribution in [0.15, 0.2) is 0 Å². The first-order valence-electron chi connectivity index (χ1n) is 9.61. The highest BCUT2D eigenvalue weighted by molar-refractivity contribution is 5.79. The molecule has 4 rings (SSSR count). The monoisotopic (exact) mass is 288 g/mol. The number of Topliss-reactive ketones (excluding diaryl/α,β-unsaturated/α-hetero) is 1. The second-order valence-corrected chi connectivity index (χ2v) is 9.01. The van der Waals surface area contributed by atoms with Gasteiger partial charge >= 0.3 is 0 Å². The van der Waals surface area contributed by atoms with Gasteiger partial charge in [0.25, 0.3) is 0 Å². The molecule has 0 unspecified atom stereocenters. The van der Waals surface area contributed by atoms with Crippen molar-refractivity contribution in [3.05, 3.63) is 0 Å². The predicted octanol–water partition coefficient (Wildman–Crippen LogP) is 5.23. The van der Waals surface area contributed by atoms with Crippen molar-refractivity contribution in [1.82, 2.24) is 0 Å². The molecular weight excluding hydrogens is 256 g/mol. The van der Waals surface area contributed by atoms with Crippen LogP contribution in [-0.4, -0.2) is 5.78 Å². The second kappa shape index (κ2) is 5.10. The van der Waals surface area contributed by atoms with E-state index in [-0.39, 0.29) is 0 Å². The Hall–Kier alpha value is -0.330. The van der Waals surface area contributed by atoms with Gasteiger partial charge in [-0.3, -0.25) is 4.79 Å². The van der Waals surface area contributed by atoms with Gasteiger partial charge < -0.3 is 0 Å². The highest BCUT2D eigenvalue weighted by Gasteiger charge is 2.57. The molecule has 1 heteroatoms. The first kappa shape index (κ1) is 14.3. The van der Waals surface area contributed by atoms with Crippen molar-refractivity contribution >= 4 is 5.78 Å². The maximum atomic E-state index is 12.1. The molecule has 0 aromatic carbocycles.